The van der Waals surface area contributed by atoms with E-state index in [1.807, 2.05) is 37.4 Å². The second kappa shape index (κ2) is 11.8. The minimum Gasteiger partial charge on any atom is -0.496 e. The summed E-state index contributed by atoms with van der Waals surface area (Å²) in [6.07, 6.45) is 0.709. The Morgan fingerprint density at radius 1 is 0.867 bits per heavy atom. The molecule has 0 aliphatic heterocycles. The molecule has 0 heterocycles. The van der Waals surface area contributed by atoms with E-state index < -0.39 is 0 Å². The molecule has 164 valence electrons. The summed E-state index contributed by atoms with van der Waals surface area (Å²) in [6, 6.07) is 11.9. The average Bonchev–Trinajstić information content (AvgIpc) is 2.78. The number of aliphatic imine (C=N–C) groups is 1. The van der Waals surface area contributed by atoms with Crippen LogP contribution in [0.5, 0.6) is 23.0 Å². The normalized spacial score (nSPS) is 11.1. The Morgan fingerprint density at radius 2 is 1.57 bits per heavy atom. The summed E-state index contributed by atoms with van der Waals surface area (Å²) >= 11 is 0. The van der Waals surface area contributed by atoms with Crippen molar-refractivity contribution in [1.82, 2.24) is 10.2 Å². The molecule has 7 heteroatoms. The fourth-order valence-corrected chi connectivity index (χ4v) is 3.28. The van der Waals surface area contributed by atoms with Crippen molar-refractivity contribution in [2.75, 3.05) is 48.6 Å². The number of para-hydroxylation sites is 1. The summed E-state index contributed by atoms with van der Waals surface area (Å²) in [4.78, 5) is 6.89. The third kappa shape index (κ3) is 5.72. The van der Waals surface area contributed by atoms with Gasteiger partial charge in [0.1, 0.15) is 5.75 Å². The number of benzene rings is 2. The van der Waals surface area contributed by atoms with Gasteiger partial charge < -0.3 is 29.2 Å². The van der Waals surface area contributed by atoms with Gasteiger partial charge in [-0.25, -0.2) is 0 Å². The number of hydrogen-bond acceptors (Lipinski definition) is 5. The molecule has 0 aromatic heterocycles. The van der Waals surface area contributed by atoms with Crippen LogP contribution in [0, 0.1) is 0 Å². The zero-order valence-corrected chi connectivity index (χ0v) is 18.8. The summed E-state index contributed by atoms with van der Waals surface area (Å²) in [5.74, 6) is 3.63. The van der Waals surface area contributed by atoms with Gasteiger partial charge in [0.2, 0.25) is 5.75 Å². The van der Waals surface area contributed by atoms with Gasteiger partial charge in [-0.2, -0.15) is 0 Å². The first kappa shape index (κ1) is 23.2. The summed E-state index contributed by atoms with van der Waals surface area (Å²) in [5.41, 5.74) is 2.12. The second-order valence-corrected chi connectivity index (χ2v) is 6.65. The Balaban J connectivity index is 2.15. The van der Waals surface area contributed by atoms with Crippen molar-refractivity contribution in [3.8, 4) is 23.0 Å². The van der Waals surface area contributed by atoms with Crippen molar-refractivity contribution in [3.05, 3.63) is 47.5 Å². The molecule has 0 saturated carbocycles. The highest BCUT2D eigenvalue weighted by Crippen LogP contribution is 2.39. The molecule has 30 heavy (non-hydrogen) atoms. The fraction of sp³-hybridized carbons (Fsp3) is 0.435. The number of guanidine groups is 1. The first-order valence-corrected chi connectivity index (χ1v) is 9.98. The van der Waals surface area contributed by atoms with Gasteiger partial charge in [-0.3, -0.25) is 4.99 Å². The summed E-state index contributed by atoms with van der Waals surface area (Å²) in [6.45, 7) is 4.14. The van der Waals surface area contributed by atoms with E-state index in [0.29, 0.717) is 36.8 Å². The highest BCUT2D eigenvalue weighted by atomic mass is 16.5. The van der Waals surface area contributed by atoms with Gasteiger partial charge in [-0.15, -0.1) is 0 Å². The number of rotatable bonds is 10. The SMILES string of the molecule is CCNC(=NCCc1ccc(OC)c(OC)c1OC)N(C)Cc1ccccc1OC. The predicted molar refractivity (Wildman–Crippen MR) is 120 cm³/mol. The highest BCUT2D eigenvalue weighted by Gasteiger charge is 2.16. The maximum absolute atomic E-state index is 5.57. The minimum atomic E-state index is 0.599. The van der Waals surface area contributed by atoms with E-state index in [4.69, 9.17) is 23.9 Å². The van der Waals surface area contributed by atoms with Crippen molar-refractivity contribution in [2.45, 2.75) is 19.9 Å². The molecular formula is C23H33N3O4. The molecule has 0 spiro atoms. The molecule has 2 aromatic rings. The first-order valence-electron chi connectivity index (χ1n) is 9.98. The van der Waals surface area contributed by atoms with Crippen LogP contribution in [0.3, 0.4) is 0 Å². The van der Waals surface area contributed by atoms with Crippen molar-refractivity contribution in [3.63, 3.8) is 0 Å². The molecule has 0 unspecified atom stereocenters. The number of nitrogens with one attached hydrogen (secondary N) is 1. The van der Waals surface area contributed by atoms with Crippen molar-refractivity contribution < 1.29 is 18.9 Å². The maximum Gasteiger partial charge on any atom is 0.203 e. The van der Waals surface area contributed by atoms with Crippen LogP contribution in [0.2, 0.25) is 0 Å². The molecule has 0 bridgehead atoms. The van der Waals surface area contributed by atoms with Gasteiger partial charge in [0, 0.05) is 37.8 Å². The van der Waals surface area contributed by atoms with Gasteiger partial charge in [0.15, 0.2) is 17.5 Å². The lowest BCUT2D eigenvalue weighted by Crippen LogP contribution is -2.38. The van der Waals surface area contributed by atoms with E-state index in [2.05, 4.69) is 23.2 Å². The summed E-state index contributed by atoms with van der Waals surface area (Å²) in [7, 11) is 8.56. The lowest BCUT2D eigenvalue weighted by atomic mass is 10.1. The van der Waals surface area contributed by atoms with Gasteiger partial charge >= 0.3 is 0 Å². The van der Waals surface area contributed by atoms with E-state index >= 15 is 0 Å². The van der Waals surface area contributed by atoms with E-state index in [9.17, 15) is 0 Å². The number of ether oxygens (including phenoxy) is 4. The summed E-state index contributed by atoms with van der Waals surface area (Å²) in [5, 5.41) is 3.35. The van der Waals surface area contributed by atoms with Gasteiger partial charge in [-0.05, 0) is 25.5 Å². The van der Waals surface area contributed by atoms with Gasteiger partial charge in [0.25, 0.3) is 0 Å². The fourth-order valence-electron chi connectivity index (χ4n) is 3.28. The third-order valence-corrected chi connectivity index (χ3v) is 4.72. The number of nitrogens with zero attached hydrogens (tertiary/aromatic N) is 2. The van der Waals surface area contributed by atoms with Crippen LogP contribution in [0.1, 0.15) is 18.1 Å². The molecule has 0 atom stereocenters. The lowest BCUT2D eigenvalue weighted by Gasteiger charge is -2.23. The van der Waals surface area contributed by atoms with Crippen molar-refractivity contribution >= 4 is 5.96 Å². The van der Waals surface area contributed by atoms with E-state index in [-0.39, 0.29) is 0 Å². The van der Waals surface area contributed by atoms with Crippen molar-refractivity contribution in [1.29, 1.82) is 0 Å². The van der Waals surface area contributed by atoms with E-state index in [0.717, 1.165) is 29.4 Å². The molecule has 2 aromatic carbocycles. The molecule has 0 amide bonds. The molecule has 0 saturated heterocycles. The Hall–Kier alpha value is -3.09. The zero-order valence-electron chi connectivity index (χ0n) is 18.8. The molecule has 1 N–H and O–H groups in total. The van der Waals surface area contributed by atoms with E-state index in [1.54, 1.807) is 28.4 Å². The monoisotopic (exact) mass is 415 g/mol. The average molecular weight is 416 g/mol. The Bertz CT molecular complexity index is 839. The quantitative estimate of drug-likeness (QED) is 0.474. The largest absolute Gasteiger partial charge is 0.496 e. The predicted octanol–water partition coefficient (Wildman–Crippen LogP) is 3.36. The van der Waals surface area contributed by atoms with Gasteiger partial charge in [-0.1, -0.05) is 24.3 Å². The van der Waals surface area contributed by atoms with E-state index in [1.165, 1.54) is 0 Å². The minimum absolute atomic E-state index is 0.599. The van der Waals surface area contributed by atoms with Crippen LogP contribution >= 0.6 is 0 Å². The molecule has 0 aliphatic carbocycles. The highest BCUT2D eigenvalue weighted by molar-refractivity contribution is 5.79. The van der Waals surface area contributed by atoms with Crippen LogP contribution in [0.15, 0.2) is 41.4 Å². The lowest BCUT2D eigenvalue weighted by molar-refractivity contribution is 0.322. The standard InChI is InChI=1S/C23H33N3O4/c1-7-24-23(26(2)16-18-10-8-9-11-19(18)27-3)25-15-14-17-12-13-20(28-4)22(30-6)21(17)29-5/h8-13H,7,14-16H2,1-6H3,(H,24,25). The van der Waals surface area contributed by atoms with Crippen LogP contribution in [-0.2, 0) is 13.0 Å². The van der Waals surface area contributed by atoms with Crippen LogP contribution in [0.4, 0.5) is 0 Å². The van der Waals surface area contributed by atoms with Gasteiger partial charge in [0.05, 0.1) is 28.4 Å². The summed E-state index contributed by atoms with van der Waals surface area (Å²) < 4.78 is 21.9. The molecule has 0 aliphatic rings. The molecule has 2 rings (SSSR count). The number of hydrogen-bond donors (Lipinski definition) is 1. The molecular weight excluding hydrogens is 382 g/mol. The second-order valence-electron chi connectivity index (χ2n) is 6.65. The van der Waals surface area contributed by atoms with Crippen LogP contribution < -0.4 is 24.3 Å². The molecule has 0 fully saturated rings. The zero-order chi connectivity index (χ0) is 21.9. The van der Waals surface area contributed by atoms with Crippen LogP contribution in [0.25, 0.3) is 0 Å². The smallest absolute Gasteiger partial charge is 0.203 e. The Labute approximate surface area is 179 Å². The first-order chi connectivity index (χ1) is 14.6. The topological polar surface area (TPSA) is 64.6 Å². The molecule has 0 radical (unpaired) electrons. The third-order valence-electron chi connectivity index (χ3n) is 4.72. The van der Waals surface area contributed by atoms with Crippen molar-refractivity contribution in [2.24, 2.45) is 4.99 Å². The molecule has 7 nitrogen and oxygen atoms in total. The van der Waals surface area contributed by atoms with Crippen LogP contribution in [-0.4, -0.2) is 59.4 Å². The Morgan fingerprint density at radius 3 is 2.20 bits per heavy atom. The Kier molecular flexibility index (Phi) is 9.12. The maximum atomic E-state index is 5.57. The number of methoxy groups -OCH3 is 4.